The molecule has 0 spiro atoms. The number of allylic oxidation sites excluding steroid dienone is 1. The molecule has 120 valence electrons. The summed E-state index contributed by atoms with van der Waals surface area (Å²) in [5.74, 6) is 0.953. The molecule has 0 bridgehead atoms. The molecule has 0 saturated carbocycles. The number of amidine groups is 1. The second-order valence-electron chi connectivity index (χ2n) is 4.44. The van der Waals surface area contributed by atoms with Crippen LogP contribution in [0.2, 0.25) is 0 Å². The van der Waals surface area contributed by atoms with Gasteiger partial charge >= 0.3 is 0 Å². The Kier molecular flexibility index (Phi) is 5.53. The van der Waals surface area contributed by atoms with E-state index in [9.17, 15) is 4.79 Å². The van der Waals surface area contributed by atoms with Crippen molar-refractivity contribution >= 4 is 46.1 Å². The Hall–Kier alpha value is -2.61. The Morgan fingerprint density at radius 3 is 2.87 bits per heavy atom. The molecule has 23 heavy (non-hydrogen) atoms. The van der Waals surface area contributed by atoms with Crippen LogP contribution in [0.3, 0.4) is 0 Å². The molecule has 0 saturated heterocycles. The standard InChI is InChI=1S/C15H17N5O2S/c1-3-22-13-11-7-9(6-10(8-21)23-14(16)17)4-5-12(11)19-15(18-2)20-13/h4-8H,3H2,1-2H3,(H3,16,17)(H,18,19,20)/b10-6-. The van der Waals surface area contributed by atoms with Crippen molar-refractivity contribution in [2.24, 2.45) is 5.73 Å². The highest BCUT2D eigenvalue weighted by Crippen LogP contribution is 2.27. The SMILES string of the molecule is CCOc1nc(NC)nc2ccc(/C=C(/C=O)SC(=N)N)cc12. The number of aromatic nitrogens is 2. The van der Waals surface area contributed by atoms with Crippen LogP contribution in [-0.4, -0.2) is 35.1 Å². The fourth-order valence-corrected chi connectivity index (χ4v) is 2.44. The summed E-state index contributed by atoms with van der Waals surface area (Å²) >= 11 is 0.902. The van der Waals surface area contributed by atoms with Crippen molar-refractivity contribution < 1.29 is 9.53 Å². The van der Waals surface area contributed by atoms with Gasteiger partial charge in [-0.2, -0.15) is 4.98 Å². The number of thioether (sulfide) groups is 1. The number of anilines is 1. The molecular formula is C15H17N5O2S. The van der Waals surface area contributed by atoms with Crippen molar-refractivity contribution in [3.8, 4) is 5.88 Å². The maximum Gasteiger partial charge on any atom is 0.226 e. The van der Waals surface area contributed by atoms with E-state index in [2.05, 4.69) is 15.3 Å². The summed E-state index contributed by atoms with van der Waals surface area (Å²) in [6.45, 7) is 2.36. The molecule has 8 heteroatoms. The Labute approximate surface area is 137 Å². The third kappa shape index (κ3) is 4.19. The van der Waals surface area contributed by atoms with E-state index in [0.29, 0.717) is 29.6 Å². The minimum absolute atomic E-state index is 0.138. The number of ether oxygens (including phenoxy) is 1. The van der Waals surface area contributed by atoms with Crippen LogP contribution in [-0.2, 0) is 4.79 Å². The lowest BCUT2D eigenvalue weighted by atomic mass is 10.1. The summed E-state index contributed by atoms with van der Waals surface area (Å²) in [6.07, 6.45) is 2.32. The Balaban J connectivity index is 2.52. The highest BCUT2D eigenvalue weighted by atomic mass is 32.2. The predicted molar refractivity (Wildman–Crippen MR) is 93.8 cm³/mol. The average molecular weight is 331 g/mol. The summed E-state index contributed by atoms with van der Waals surface area (Å²) in [6, 6.07) is 5.49. The number of nitrogens with one attached hydrogen (secondary N) is 2. The minimum Gasteiger partial charge on any atom is -0.477 e. The fourth-order valence-electron chi connectivity index (χ4n) is 1.95. The minimum atomic E-state index is -0.138. The zero-order valence-electron chi connectivity index (χ0n) is 12.8. The van der Waals surface area contributed by atoms with E-state index in [4.69, 9.17) is 15.9 Å². The zero-order chi connectivity index (χ0) is 16.8. The van der Waals surface area contributed by atoms with Crippen molar-refractivity contribution in [2.45, 2.75) is 6.92 Å². The molecular weight excluding hydrogens is 314 g/mol. The number of carbonyl (C=O) groups excluding carboxylic acids is 1. The molecule has 0 aliphatic carbocycles. The normalized spacial score (nSPS) is 11.3. The number of aldehydes is 1. The van der Waals surface area contributed by atoms with Gasteiger partial charge < -0.3 is 15.8 Å². The number of hydrogen-bond donors (Lipinski definition) is 3. The molecule has 0 unspecified atom stereocenters. The third-order valence-electron chi connectivity index (χ3n) is 2.84. The molecule has 2 rings (SSSR count). The zero-order valence-corrected chi connectivity index (χ0v) is 13.6. The maximum atomic E-state index is 11.1. The van der Waals surface area contributed by atoms with Crippen molar-refractivity contribution in [1.82, 2.24) is 9.97 Å². The van der Waals surface area contributed by atoms with Crippen LogP contribution in [0.25, 0.3) is 17.0 Å². The van der Waals surface area contributed by atoms with Gasteiger partial charge in [-0.3, -0.25) is 10.2 Å². The van der Waals surface area contributed by atoms with Crippen LogP contribution < -0.4 is 15.8 Å². The second-order valence-corrected chi connectivity index (χ2v) is 5.56. The summed E-state index contributed by atoms with van der Waals surface area (Å²) < 4.78 is 5.57. The fraction of sp³-hybridized carbons (Fsp3) is 0.200. The number of carbonyl (C=O) groups is 1. The molecule has 1 aromatic carbocycles. The molecule has 0 aliphatic rings. The van der Waals surface area contributed by atoms with Crippen LogP contribution in [0, 0.1) is 5.41 Å². The van der Waals surface area contributed by atoms with Gasteiger partial charge in [-0.1, -0.05) is 6.07 Å². The van der Waals surface area contributed by atoms with E-state index in [1.165, 1.54) is 0 Å². The van der Waals surface area contributed by atoms with Gasteiger partial charge in [0.1, 0.15) is 0 Å². The van der Waals surface area contributed by atoms with Gasteiger partial charge in [0.2, 0.25) is 11.8 Å². The van der Waals surface area contributed by atoms with Crippen molar-refractivity contribution in [3.05, 3.63) is 28.7 Å². The Bertz CT molecular complexity index is 776. The lowest BCUT2D eigenvalue weighted by molar-refractivity contribution is -0.104. The first kappa shape index (κ1) is 16.8. The molecule has 1 aromatic heterocycles. The molecule has 0 radical (unpaired) electrons. The maximum absolute atomic E-state index is 11.1. The van der Waals surface area contributed by atoms with Crippen molar-refractivity contribution in [3.63, 3.8) is 0 Å². The summed E-state index contributed by atoms with van der Waals surface area (Å²) in [4.78, 5) is 20.1. The number of nitrogens with two attached hydrogens (primary N) is 1. The largest absolute Gasteiger partial charge is 0.477 e. The molecule has 0 aliphatic heterocycles. The Morgan fingerprint density at radius 1 is 1.48 bits per heavy atom. The van der Waals surface area contributed by atoms with E-state index in [-0.39, 0.29) is 5.17 Å². The topological polar surface area (TPSA) is 114 Å². The van der Waals surface area contributed by atoms with Gasteiger partial charge in [-0.15, -0.1) is 0 Å². The van der Waals surface area contributed by atoms with Gasteiger partial charge in [0.05, 0.1) is 22.4 Å². The number of benzene rings is 1. The van der Waals surface area contributed by atoms with Crippen LogP contribution in [0.5, 0.6) is 5.88 Å². The first-order chi connectivity index (χ1) is 11.1. The first-order valence-electron chi connectivity index (χ1n) is 6.88. The highest BCUT2D eigenvalue weighted by Gasteiger charge is 2.09. The molecule has 2 aromatic rings. The quantitative estimate of drug-likeness (QED) is 0.322. The van der Waals surface area contributed by atoms with Crippen molar-refractivity contribution in [2.75, 3.05) is 19.0 Å². The number of fused-ring (bicyclic) bond motifs is 1. The van der Waals surface area contributed by atoms with Crippen LogP contribution in [0.4, 0.5) is 5.95 Å². The second kappa shape index (κ2) is 7.59. The van der Waals surface area contributed by atoms with E-state index >= 15 is 0 Å². The molecule has 0 amide bonds. The number of rotatable bonds is 6. The molecule has 4 N–H and O–H groups in total. The lowest BCUT2D eigenvalue weighted by Gasteiger charge is -2.09. The van der Waals surface area contributed by atoms with Gasteiger partial charge in [0, 0.05) is 7.05 Å². The monoisotopic (exact) mass is 331 g/mol. The summed E-state index contributed by atoms with van der Waals surface area (Å²) in [5.41, 5.74) is 6.81. The lowest BCUT2D eigenvalue weighted by Crippen LogP contribution is -2.04. The third-order valence-corrected chi connectivity index (χ3v) is 3.51. The summed E-state index contributed by atoms with van der Waals surface area (Å²) in [7, 11) is 1.74. The average Bonchev–Trinajstić information content (AvgIpc) is 2.54. The molecule has 0 fully saturated rings. The molecule has 0 atom stereocenters. The summed E-state index contributed by atoms with van der Waals surface area (Å²) in [5, 5.41) is 10.8. The highest BCUT2D eigenvalue weighted by molar-refractivity contribution is 8.17. The van der Waals surface area contributed by atoms with Crippen LogP contribution >= 0.6 is 11.8 Å². The van der Waals surface area contributed by atoms with Crippen LogP contribution in [0.1, 0.15) is 12.5 Å². The predicted octanol–water partition coefficient (Wildman–Crippen LogP) is 2.24. The molecule has 1 heterocycles. The van der Waals surface area contributed by atoms with E-state index in [1.807, 2.05) is 25.1 Å². The smallest absolute Gasteiger partial charge is 0.226 e. The van der Waals surface area contributed by atoms with E-state index < -0.39 is 0 Å². The van der Waals surface area contributed by atoms with Crippen molar-refractivity contribution in [1.29, 1.82) is 5.41 Å². The van der Waals surface area contributed by atoms with Gasteiger partial charge in [-0.25, -0.2) is 4.98 Å². The first-order valence-corrected chi connectivity index (χ1v) is 7.70. The number of hydrogen-bond acceptors (Lipinski definition) is 7. The van der Waals surface area contributed by atoms with Gasteiger partial charge in [0.25, 0.3) is 0 Å². The van der Waals surface area contributed by atoms with E-state index in [1.54, 1.807) is 13.1 Å². The van der Waals surface area contributed by atoms with Gasteiger partial charge in [0.15, 0.2) is 11.5 Å². The van der Waals surface area contributed by atoms with Crippen LogP contribution in [0.15, 0.2) is 23.1 Å². The Morgan fingerprint density at radius 2 is 2.26 bits per heavy atom. The van der Waals surface area contributed by atoms with E-state index in [0.717, 1.165) is 28.2 Å². The van der Waals surface area contributed by atoms with Gasteiger partial charge in [-0.05, 0) is 42.5 Å². The number of nitrogens with zero attached hydrogens (tertiary/aromatic N) is 2. The molecule has 7 nitrogen and oxygen atoms in total.